The van der Waals surface area contributed by atoms with Crippen LogP contribution in [0.4, 0.5) is 10.5 Å². The van der Waals surface area contributed by atoms with Gasteiger partial charge in [0.2, 0.25) is 0 Å². The van der Waals surface area contributed by atoms with Crippen molar-refractivity contribution in [2.24, 2.45) is 5.92 Å². The molecule has 0 spiro atoms. The summed E-state index contributed by atoms with van der Waals surface area (Å²) in [6, 6.07) is 11.0. The Balaban J connectivity index is 1.88. The maximum atomic E-state index is 14.2. The highest BCUT2D eigenvalue weighted by atomic mass is 16.5. The van der Waals surface area contributed by atoms with E-state index in [0.29, 0.717) is 43.2 Å². The molecule has 248 valence electrons. The fraction of sp³-hybridized carbons (Fsp3) is 0.559. The van der Waals surface area contributed by atoms with Crippen LogP contribution in [0.2, 0.25) is 0 Å². The van der Waals surface area contributed by atoms with Crippen molar-refractivity contribution in [3.05, 3.63) is 59.2 Å². The molecule has 0 saturated carbocycles. The number of likely N-dealkylation sites (N-methyl/N-ethyl adjacent to an activating group) is 1. The molecule has 11 heteroatoms. The highest BCUT2D eigenvalue weighted by Crippen LogP contribution is 2.28. The Kier molecular flexibility index (Phi) is 13.6. The minimum atomic E-state index is -0.958. The second-order valence-electron chi connectivity index (χ2n) is 12.5. The van der Waals surface area contributed by atoms with Crippen LogP contribution in [-0.4, -0.2) is 95.6 Å². The van der Waals surface area contributed by atoms with Crippen molar-refractivity contribution in [3.63, 3.8) is 0 Å². The van der Waals surface area contributed by atoms with Crippen molar-refractivity contribution in [1.29, 1.82) is 0 Å². The first-order valence-corrected chi connectivity index (χ1v) is 15.8. The normalized spacial score (nSPS) is 20.6. The maximum Gasteiger partial charge on any atom is 0.335 e. The fourth-order valence-corrected chi connectivity index (χ4v) is 5.33. The van der Waals surface area contributed by atoms with Crippen molar-refractivity contribution in [1.82, 2.24) is 15.1 Å². The monoisotopic (exact) mass is 626 g/mol. The lowest BCUT2D eigenvalue weighted by Gasteiger charge is -2.36. The van der Waals surface area contributed by atoms with Gasteiger partial charge in [-0.3, -0.25) is 9.69 Å². The van der Waals surface area contributed by atoms with Gasteiger partial charge >= 0.3 is 12.0 Å². The Bertz CT molecular complexity index is 1270. The lowest BCUT2D eigenvalue weighted by Crippen LogP contribution is -2.47. The Hall–Kier alpha value is -3.67. The molecular formula is C34H50N4O7. The van der Waals surface area contributed by atoms with Gasteiger partial charge in [0.05, 0.1) is 36.0 Å². The number of rotatable bonds is 9. The quantitative estimate of drug-likeness (QED) is 0.310. The third-order valence-electron chi connectivity index (χ3n) is 7.87. The van der Waals surface area contributed by atoms with Crippen LogP contribution in [-0.2, 0) is 11.3 Å². The van der Waals surface area contributed by atoms with Gasteiger partial charge in [0.1, 0.15) is 5.75 Å². The number of hydrogen-bond donors (Lipinski definition) is 4. The van der Waals surface area contributed by atoms with E-state index in [-0.39, 0.29) is 48.3 Å². The zero-order chi connectivity index (χ0) is 33.1. The van der Waals surface area contributed by atoms with Crippen molar-refractivity contribution in [2.45, 2.75) is 84.7 Å². The fourth-order valence-electron chi connectivity index (χ4n) is 5.33. The Morgan fingerprint density at radius 3 is 2.44 bits per heavy atom. The molecule has 3 amide bonds. The summed E-state index contributed by atoms with van der Waals surface area (Å²) in [5, 5.41) is 25.0. The number of fused-ring (bicyclic) bond motifs is 1. The average molecular weight is 627 g/mol. The molecule has 4 N–H and O–H groups in total. The largest absolute Gasteiger partial charge is 0.490 e. The van der Waals surface area contributed by atoms with Gasteiger partial charge in [-0.25, -0.2) is 9.59 Å². The lowest BCUT2D eigenvalue weighted by atomic mass is 10.0. The number of hydrogen-bond acceptors (Lipinski definition) is 7. The van der Waals surface area contributed by atoms with E-state index < -0.39 is 12.0 Å². The van der Waals surface area contributed by atoms with E-state index in [1.807, 2.05) is 46.9 Å². The van der Waals surface area contributed by atoms with E-state index in [1.165, 1.54) is 0 Å². The summed E-state index contributed by atoms with van der Waals surface area (Å²) in [4.78, 5) is 41.7. The predicted molar refractivity (Wildman–Crippen MR) is 174 cm³/mol. The first-order valence-electron chi connectivity index (χ1n) is 15.8. The molecule has 45 heavy (non-hydrogen) atoms. The molecule has 4 atom stereocenters. The Labute approximate surface area is 266 Å². The number of urea groups is 1. The number of nitrogens with one attached hydrogen (secondary N) is 2. The SMILES string of the molecule is CC(C)NC(=O)Nc1ccc2c(c1)C(=O)N([C@H](C)CO)C[C@@H](C)[C@@H](CN(C)Cc1ccc(C(=O)O)cc1)OCCCC[C@H](C)O2. The zero-order valence-corrected chi connectivity index (χ0v) is 27.4. The first kappa shape index (κ1) is 35.8. The zero-order valence-electron chi connectivity index (χ0n) is 27.4. The summed E-state index contributed by atoms with van der Waals surface area (Å²) >= 11 is 0. The summed E-state index contributed by atoms with van der Waals surface area (Å²) in [5.74, 6) is -0.922. The van der Waals surface area contributed by atoms with Crippen molar-refractivity contribution < 1.29 is 34.1 Å². The minimum Gasteiger partial charge on any atom is -0.490 e. The van der Waals surface area contributed by atoms with Crippen molar-refractivity contribution >= 4 is 23.6 Å². The molecule has 0 unspecified atom stereocenters. The number of aliphatic hydroxyl groups excluding tert-OH is 1. The number of aromatic carboxylic acids is 1. The summed E-state index contributed by atoms with van der Waals surface area (Å²) in [7, 11) is 1.99. The number of aliphatic hydroxyl groups is 1. The molecule has 2 aromatic rings. The highest BCUT2D eigenvalue weighted by Gasteiger charge is 2.30. The molecule has 0 aliphatic carbocycles. The number of anilines is 1. The summed E-state index contributed by atoms with van der Waals surface area (Å²) < 4.78 is 12.7. The van der Waals surface area contributed by atoms with Crippen LogP contribution in [0.15, 0.2) is 42.5 Å². The molecule has 1 aliphatic heterocycles. The third kappa shape index (κ3) is 11.0. The second kappa shape index (κ2) is 17.1. The standard InChI is InChI=1S/C34H50N4O7/c1-22(2)35-34(43)36-28-14-15-30-29(17-28)32(40)38(24(4)21-39)18-23(3)31(44-16-8-7-9-25(5)45-30)20-37(6)19-26-10-12-27(13-11-26)33(41)42/h10-15,17,22-25,31,39H,7-9,16,18-21H2,1-6H3,(H,41,42)(H2,35,36,43)/t23-,24-,25+,31-/m1/s1. The average Bonchev–Trinajstić information content (AvgIpc) is 2.98. The predicted octanol–water partition coefficient (Wildman–Crippen LogP) is 4.84. The number of carboxylic acid groups (broad SMARTS) is 1. The molecule has 3 rings (SSSR count). The van der Waals surface area contributed by atoms with Crippen LogP contribution in [0, 0.1) is 5.92 Å². The van der Waals surface area contributed by atoms with Gasteiger partial charge in [0.25, 0.3) is 5.91 Å². The van der Waals surface area contributed by atoms with Crippen molar-refractivity contribution in [3.8, 4) is 5.75 Å². The number of carbonyl (C=O) groups excluding carboxylic acids is 2. The summed E-state index contributed by atoms with van der Waals surface area (Å²) in [5.41, 5.74) is 2.00. The molecule has 0 aromatic heterocycles. The van der Waals surface area contributed by atoms with Gasteiger partial charge in [0, 0.05) is 43.9 Å². The van der Waals surface area contributed by atoms with E-state index in [2.05, 4.69) is 15.5 Å². The van der Waals surface area contributed by atoms with Crippen molar-refractivity contribution in [2.75, 3.05) is 38.7 Å². The Morgan fingerprint density at radius 1 is 1.09 bits per heavy atom. The van der Waals surface area contributed by atoms with Gasteiger partial charge in [-0.1, -0.05) is 19.1 Å². The Morgan fingerprint density at radius 2 is 1.80 bits per heavy atom. The molecule has 0 saturated heterocycles. The molecule has 0 radical (unpaired) electrons. The second-order valence-corrected chi connectivity index (χ2v) is 12.5. The molecule has 1 aliphatic rings. The number of amides is 3. The maximum absolute atomic E-state index is 14.2. The number of carboxylic acids is 1. The number of benzene rings is 2. The van der Waals surface area contributed by atoms with Gasteiger partial charge in [-0.05, 0) is 89.9 Å². The lowest BCUT2D eigenvalue weighted by molar-refractivity contribution is -0.0177. The third-order valence-corrected chi connectivity index (χ3v) is 7.87. The van der Waals surface area contributed by atoms with Gasteiger partial charge in [0.15, 0.2) is 0 Å². The molecule has 0 bridgehead atoms. The van der Waals surface area contributed by atoms with Gasteiger partial charge in [-0.2, -0.15) is 0 Å². The van der Waals surface area contributed by atoms with Crippen LogP contribution < -0.4 is 15.4 Å². The van der Waals surface area contributed by atoms with Crippen LogP contribution in [0.3, 0.4) is 0 Å². The van der Waals surface area contributed by atoms with Crippen LogP contribution in [0.5, 0.6) is 5.75 Å². The summed E-state index contributed by atoms with van der Waals surface area (Å²) in [6.45, 7) is 11.4. The van der Waals surface area contributed by atoms with Gasteiger partial charge < -0.3 is 35.2 Å². The van der Waals surface area contributed by atoms with E-state index in [0.717, 1.165) is 24.8 Å². The van der Waals surface area contributed by atoms with Crippen LogP contribution in [0.1, 0.15) is 80.2 Å². The number of carbonyl (C=O) groups is 3. The number of nitrogens with zero attached hydrogens (tertiary/aromatic N) is 2. The van der Waals surface area contributed by atoms with Gasteiger partial charge in [-0.15, -0.1) is 0 Å². The topological polar surface area (TPSA) is 141 Å². The minimum absolute atomic E-state index is 0.0535. The molecule has 11 nitrogen and oxygen atoms in total. The molecule has 2 aromatic carbocycles. The highest BCUT2D eigenvalue weighted by molar-refractivity contribution is 5.99. The van der Waals surface area contributed by atoms with Crippen LogP contribution >= 0.6 is 0 Å². The van der Waals surface area contributed by atoms with E-state index >= 15 is 0 Å². The van der Waals surface area contributed by atoms with E-state index in [4.69, 9.17) is 9.47 Å². The molecule has 1 heterocycles. The van der Waals surface area contributed by atoms with E-state index in [9.17, 15) is 24.6 Å². The summed E-state index contributed by atoms with van der Waals surface area (Å²) in [6.07, 6.45) is 2.16. The van der Waals surface area contributed by atoms with E-state index in [1.54, 1.807) is 42.2 Å². The number of ether oxygens (including phenoxy) is 2. The molecule has 0 fully saturated rings. The van der Waals surface area contributed by atoms with Crippen LogP contribution in [0.25, 0.3) is 0 Å². The molecular weight excluding hydrogens is 576 g/mol. The first-order chi connectivity index (χ1) is 21.4. The smallest absolute Gasteiger partial charge is 0.335 e.